The lowest BCUT2D eigenvalue weighted by Crippen LogP contribution is -2.30. The van der Waals surface area contributed by atoms with Gasteiger partial charge < -0.3 is 4.74 Å². The molecule has 0 bridgehead atoms. The molecule has 24 heavy (non-hydrogen) atoms. The van der Waals surface area contributed by atoms with E-state index in [-0.39, 0.29) is 5.41 Å². The second kappa shape index (κ2) is 5.20. The molecule has 0 aliphatic carbocycles. The number of hydrogen-bond acceptors (Lipinski definition) is 1. The van der Waals surface area contributed by atoms with Gasteiger partial charge in [-0.2, -0.15) is 0 Å². The Bertz CT molecular complexity index is 940. The van der Waals surface area contributed by atoms with E-state index >= 15 is 0 Å². The standard InChI is InChI=1S/C22H22NO/c1-15-13-21-18(14-16(15)19-10-7-8-12-23(19)4)22(2,3)17-9-5-6-11-20(17)24-21/h5-14H,1-4H3/q+1. The third kappa shape index (κ3) is 2.14. The van der Waals surface area contributed by atoms with Crippen molar-refractivity contribution in [2.75, 3.05) is 0 Å². The van der Waals surface area contributed by atoms with E-state index in [1.165, 1.54) is 27.9 Å². The minimum absolute atomic E-state index is 0.0834. The summed E-state index contributed by atoms with van der Waals surface area (Å²) in [5.74, 6) is 1.94. The molecule has 2 nitrogen and oxygen atoms in total. The van der Waals surface area contributed by atoms with Gasteiger partial charge >= 0.3 is 0 Å². The van der Waals surface area contributed by atoms with Crippen molar-refractivity contribution >= 4 is 0 Å². The van der Waals surface area contributed by atoms with E-state index in [0.717, 1.165) is 11.5 Å². The Morgan fingerprint density at radius 2 is 1.62 bits per heavy atom. The molecule has 1 aromatic heterocycles. The number of ether oxygens (including phenoxy) is 1. The van der Waals surface area contributed by atoms with Crippen LogP contribution < -0.4 is 9.30 Å². The Hall–Kier alpha value is -2.61. The summed E-state index contributed by atoms with van der Waals surface area (Å²) in [6, 6.07) is 19.1. The van der Waals surface area contributed by atoms with Crippen LogP contribution in [0.4, 0.5) is 0 Å². The largest absolute Gasteiger partial charge is 0.457 e. The molecule has 0 unspecified atom stereocenters. The number of rotatable bonds is 1. The van der Waals surface area contributed by atoms with Crippen molar-refractivity contribution in [3.05, 3.63) is 77.5 Å². The first-order valence-electron chi connectivity index (χ1n) is 8.36. The molecule has 2 heterocycles. The molecule has 0 saturated heterocycles. The summed E-state index contributed by atoms with van der Waals surface area (Å²) < 4.78 is 8.37. The highest BCUT2D eigenvalue weighted by Crippen LogP contribution is 2.49. The molecular weight excluding hydrogens is 294 g/mol. The highest BCUT2D eigenvalue weighted by molar-refractivity contribution is 5.68. The summed E-state index contributed by atoms with van der Waals surface area (Å²) in [5, 5.41) is 0. The van der Waals surface area contributed by atoms with Crippen LogP contribution in [0.1, 0.15) is 30.5 Å². The highest BCUT2D eigenvalue weighted by atomic mass is 16.5. The predicted octanol–water partition coefficient (Wildman–Crippen LogP) is 4.92. The second-order valence-electron chi connectivity index (χ2n) is 7.08. The van der Waals surface area contributed by atoms with Gasteiger partial charge in [0.05, 0.1) is 0 Å². The van der Waals surface area contributed by atoms with Gasteiger partial charge in [-0.1, -0.05) is 32.0 Å². The topological polar surface area (TPSA) is 13.1 Å². The molecule has 2 aromatic carbocycles. The Balaban J connectivity index is 1.95. The van der Waals surface area contributed by atoms with Gasteiger partial charge in [0, 0.05) is 34.2 Å². The first-order chi connectivity index (χ1) is 11.5. The molecule has 0 spiro atoms. The molecule has 0 saturated carbocycles. The Labute approximate surface area is 143 Å². The molecular formula is C22H22NO+. The average molecular weight is 316 g/mol. The van der Waals surface area contributed by atoms with Gasteiger partial charge in [-0.25, -0.2) is 4.57 Å². The van der Waals surface area contributed by atoms with E-state index in [9.17, 15) is 0 Å². The molecule has 2 heteroatoms. The van der Waals surface area contributed by atoms with Crippen LogP contribution >= 0.6 is 0 Å². The fourth-order valence-electron chi connectivity index (χ4n) is 3.67. The highest BCUT2D eigenvalue weighted by Gasteiger charge is 2.35. The number of para-hydroxylation sites is 1. The molecule has 0 fully saturated rings. The van der Waals surface area contributed by atoms with Gasteiger partial charge in [0.15, 0.2) is 6.20 Å². The maximum atomic E-state index is 6.21. The lowest BCUT2D eigenvalue weighted by molar-refractivity contribution is -0.660. The van der Waals surface area contributed by atoms with Crippen LogP contribution in [0.2, 0.25) is 0 Å². The minimum Gasteiger partial charge on any atom is -0.457 e. The van der Waals surface area contributed by atoms with E-state index in [1.807, 2.05) is 6.07 Å². The van der Waals surface area contributed by atoms with Crippen molar-refractivity contribution < 1.29 is 9.30 Å². The van der Waals surface area contributed by atoms with Crippen LogP contribution in [-0.2, 0) is 12.5 Å². The molecule has 120 valence electrons. The van der Waals surface area contributed by atoms with Crippen LogP contribution in [0.5, 0.6) is 11.5 Å². The lowest BCUT2D eigenvalue weighted by atomic mass is 9.75. The van der Waals surface area contributed by atoms with E-state index in [0.29, 0.717) is 0 Å². The smallest absolute Gasteiger partial charge is 0.212 e. The third-order valence-electron chi connectivity index (χ3n) is 5.11. The molecule has 0 radical (unpaired) electrons. The first-order valence-corrected chi connectivity index (χ1v) is 8.36. The van der Waals surface area contributed by atoms with Crippen LogP contribution in [0.25, 0.3) is 11.3 Å². The van der Waals surface area contributed by atoms with Crippen molar-refractivity contribution in [1.29, 1.82) is 0 Å². The second-order valence-corrected chi connectivity index (χ2v) is 7.08. The van der Waals surface area contributed by atoms with Crippen molar-refractivity contribution in [3.8, 4) is 22.8 Å². The van der Waals surface area contributed by atoms with Crippen LogP contribution in [-0.4, -0.2) is 0 Å². The lowest BCUT2D eigenvalue weighted by Gasteiger charge is -2.35. The summed E-state index contributed by atoms with van der Waals surface area (Å²) in [6.07, 6.45) is 2.09. The van der Waals surface area contributed by atoms with E-state index in [2.05, 4.69) is 87.1 Å². The first kappa shape index (κ1) is 14.9. The van der Waals surface area contributed by atoms with Crippen molar-refractivity contribution in [2.45, 2.75) is 26.2 Å². The summed E-state index contributed by atoms with van der Waals surface area (Å²) >= 11 is 0. The normalized spacial score (nSPS) is 14.5. The predicted molar refractivity (Wildman–Crippen MR) is 96.4 cm³/mol. The fraction of sp³-hybridized carbons (Fsp3) is 0.227. The number of fused-ring (bicyclic) bond motifs is 2. The summed E-state index contributed by atoms with van der Waals surface area (Å²) in [6.45, 7) is 6.70. The van der Waals surface area contributed by atoms with Gasteiger partial charge in [-0.15, -0.1) is 0 Å². The van der Waals surface area contributed by atoms with Gasteiger partial charge in [-0.3, -0.25) is 0 Å². The molecule has 0 atom stereocenters. The molecule has 0 amide bonds. The zero-order valence-electron chi connectivity index (χ0n) is 14.6. The monoisotopic (exact) mass is 316 g/mol. The summed E-state index contributed by atoms with van der Waals surface area (Å²) in [5.41, 5.74) is 6.10. The zero-order valence-corrected chi connectivity index (χ0v) is 14.6. The quantitative estimate of drug-likeness (QED) is 0.581. The molecule has 1 aliphatic rings. The SMILES string of the molecule is Cc1cc2c(cc1-c1cccc[n+]1C)C(C)(C)c1ccccc1O2. The van der Waals surface area contributed by atoms with E-state index < -0.39 is 0 Å². The maximum absolute atomic E-state index is 6.21. The number of nitrogens with zero attached hydrogens (tertiary/aromatic N) is 1. The van der Waals surface area contributed by atoms with Crippen LogP contribution in [0.3, 0.4) is 0 Å². The summed E-state index contributed by atoms with van der Waals surface area (Å²) in [4.78, 5) is 0. The van der Waals surface area contributed by atoms with Gasteiger partial charge in [0.1, 0.15) is 18.5 Å². The average Bonchev–Trinajstić information content (AvgIpc) is 2.55. The Morgan fingerprint density at radius 1 is 0.875 bits per heavy atom. The third-order valence-corrected chi connectivity index (χ3v) is 5.11. The van der Waals surface area contributed by atoms with Crippen molar-refractivity contribution in [3.63, 3.8) is 0 Å². The molecule has 1 aliphatic heterocycles. The number of pyridine rings is 1. The van der Waals surface area contributed by atoms with Crippen molar-refractivity contribution in [2.24, 2.45) is 7.05 Å². The van der Waals surface area contributed by atoms with Gasteiger partial charge in [0.2, 0.25) is 5.69 Å². The molecule has 3 aromatic rings. The maximum Gasteiger partial charge on any atom is 0.212 e. The number of benzene rings is 2. The van der Waals surface area contributed by atoms with Crippen molar-refractivity contribution in [1.82, 2.24) is 0 Å². The minimum atomic E-state index is -0.0834. The zero-order chi connectivity index (χ0) is 16.9. The van der Waals surface area contributed by atoms with Crippen LogP contribution in [0.15, 0.2) is 60.8 Å². The van der Waals surface area contributed by atoms with Gasteiger partial charge in [0.25, 0.3) is 0 Å². The number of aromatic nitrogens is 1. The fourth-order valence-corrected chi connectivity index (χ4v) is 3.67. The summed E-state index contributed by atoms with van der Waals surface area (Å²) in [7, 11) is 2.09. The van der Waals surface area contributed by atoms with E-state index in [4.69, 9.17) is 4.74 Å². The Kier molecular flexibility index (Phi) is 3.24. The Morgan fingerprint density at radius 3 is 2.42 bits per heavy atom. The molecule has 4 rings (SSSR count). The van der Waals surface area contributed by atoms with Gasteiger partial charge in [-0.05, 0) is 36.8 Å². The van der Waals surface area contributed by atoms with E-state index in [1.54, 1.807) is 0 Å². The number of aryl methyl sites for hydroxylation is 2. The van der Waals surface area contributed by atoms with Crippen LogP contribution in [0, 0.1) is 6.92 Å². The molecule has 0 N–H and O–H groups in total. The number of hydrogen-bond donors (Lipinski definition) is 0.